The van der Waals surface area contributed by atoms with Crippen molar-refractivity contribution in [3.8, 4) is 0 Å². The summed E-state index contributed by atoms with van der Waals surface area (Å²) in [6, 6.07) is 0.354. The standard InChI is InChI=1S/C11H18N2O3/c1-12-6-7-13(11(12)16)9-4-2-8(3-5-9)10(14)15/h8-9H,2-7H2,1H3,(H,14,15)/t8-,9-. The monoisotopic (exact) mass is 226 g/mol. The van der Waals surface area contributed by atoms with E-state index in [1.165, 1.54) is 0 Å². The molecule has 90 valence electrons. The van der Waals surface area contributed by atoms with Crippen molar-refractivity contribution in [2.75, 3.05) is 20.1 Å². The molecule has 2 amide bonds. The highest BCUT2D eigenvalue weighted by molar-refractivity contribution is 5.76. The van der Waals surface area contributed by atoms with Crippen LogP contribution in [-0.2, 0) is 4.79 Å². The fraction of sp³-hybridized carbons (Fsp3) is 0.818. The Labute approximate surface area is 95.0 Å². The Hall–Kier alpha value is -1.26. The Morgan fingerprint density at radius 3 is 2.31 bits per heavy atom. The van der Waals surface area contributed by atoms with Gasteiger partial charge in [-0.05, 0) is 25.7 Å². The highest BCUT2D eigenvalue weighted by Gasteiger charge is 2.35. The minimum atomic E-state index is -0.691. The van der Waals surface area contributed by atoms with Gasteiger partial charge in [-0.3, -0.25) is 4.79 Å². The van der Waals surface area contributed by atoms with Gasteiger partial charge < -0.3 is 14.9 Å². The average molecular weight is 226 g/mol. The van der Waals surface area contributed by atoms with E-state index in [4.69, 9.17) is 5.11 Å². The van der Waals surface area contributed by atoms with Crippen molar-refractivity contribution >= 4 is 12.0 Å². The molecule has 1 heterocycles. The zero-order valence-corrected chi connectivity index (χ0v) is 9.56. The van der Waals surface area contributed by atoms with Crippen LogP contribution in [0.2, 0.25) is 0 Å². The van der Waals surface area contributed by atoms with Crippen molar-refractivity contribution in [1.29, 1.82) is 0 Å². The van der Waals surface area contributed by atoms with E-state index in [2.05, 4.69) is 0 Å². The van der Waals surface area contributed by atoms with Crippen molar-refractivity contribution in [1.82, 2.24) is 9.80 Å². The Kier molecular flexibility index (Phi) is 3.03. The van der Waals surface area contributed by atoms with E-state index in [1.54, 1.807) is 4.90 Å². The van der Waals surface area contributed by atoms with Crippen molar-refractivity contribution in [2.45, 2.75) is 31.7 Å². The summed E-state index contributed by atoms with van der Waals surface area (Å²) in [6.07, 6.45) is 3.06. The molecule has 16 heavy (non-hydrogen) atoms. The largest absolute Gasteiger partial charge is 0.481 e. The number of nitrogens with zero attached hydrogens (tertiary/aromatic N) is 2. The number of hydrogen-bond donors (Lipinski definition) is 1. The number of carboxylic acids is 1. The quantitative estimate of drug-likeness (QED) is 0.764. The molecule has 0 bridgehead atoms. The molecule has 1 saturated carbocycles. The first-order valence-corrected chi connectivity index (χ1v) is 5.84. The number of carboxylic acid groups (broad SMARTS) is 1. The lowest BCUT2D eigenvalue weighted by Crippen LogP contribution is -2.41. The van der Waals surface area contributed by atoms with E-state index in [-0.39, 0.29) is 18.0 Å². The molecule has 5 heteroatoms. The number of carbonyl (C=O) groups is 2. The van der Waals surface area contributed by atoms with Crippen molar-refractivity contribution < 1.29 is 14.7 Å². The van der Waals surface area contributed by atoms with Crippen LogP contribution in [0, 0.1) is 5.92 Å². The molecule has 0 aromatic carbocycles. The maximum Gasteiger partial charge on any atom is 0.320 e. The van der Waals surface area contributed by atoms with Gasteiger partial charge in [-0.25, -0.2) is 4.79 Å². The molecule has 1 saturated heterocycles. The summed E-state index contributed by atoms with van der Waals surface area (Å²) in [5, 5.41) is 8.90. The first-order chi connectivity index (χ1) is 7.59. The summed E-state index contributed by atoms with van der Waals surface area (Å²) >= 11 is 0. The Bertz CT molecular complexity index is 298. The van der Waals surface area contributed by atoms with Gasteiger partial charge in [-0.15, -0.1) is 0 Å². The fourth-order valence-corrected chi connectivity index (χ4v) is 2.64. The van der Waals surface area contributed by atoms with Gasteiger partial charge in [0.05, 0.1) is 5.92 Å². The van der Waals surface area contributed by atoms with Gasteiger partial charge in [0, 0.05) is 26.2 Å². The average Bonchev–Trinajstić information content (AvgIpc) is 2.60. The summed E-state index contributed by atoms with van der Waals surface area (Å²) in [5.41, 5.74) is 0. The number of carbonyl (C=O) groups excluding carboxylic acids is 1. The van der Waals surface area contributed by atoms with Crippen LogP contribution in [0.3, 0.4) is 0 Å². The Morgan fingerprint density at radius 2 is 1.88 bits per heavy atom. The van der Waals surface area contributed by atoms with Crippen LogP contribution in [0.25, 0.3) is 0 Å². The molecule has 1 aliphatic carbocycles. The van der Waals surface area contributed by atoms with Gasteiger partial charge in [0.1, 0.15) is 0 Å². The smallest absolute Gasteiger partial charge is 0.320 e. The van der Waals surface area contributed by atoms with Gasteiger partial charge in [0.15, 0.2) is 0 Å². The van der Waals surface area contributed by atoms with Crippen LogP contribution in [0.15, 0.2) is 0 Å². The van der Waals surface area contributed by atoms with Crippen LogP contribution in [-0.4, -0.2) is 53.1 Å². The first kappa shape index (κ1) is 11.2. The number of aliphatic carboxylic acids is 1. The van der Waals surface area contributed by atoms with Gasteiger partial charge in [-0.2, -0.15) is 0 Å². The minimum Gasteiger partial charge on any atom is -0.481 e. The summed E-state index contributed by atoms with van der Waals surface area (Å²) in [6.45, 7) is 1.58. The molecular weight excluding hydrogens is 208 g/mol. The molecule has 2 fully saturated rings. The van der Waals surface area contributed by atoms with Crippen LogP contribution in [0.4, 0.5) is 4.79 Å². The molecule has 1 N–H and O–H groups in total. The van der Waals surface area contributed by atoms with E-state index in [9.17, 15) is 9.59 Å². The molecule has 2 aliphatic rings. The topological polar surface area (TPSA) is 60.9 Å². The minimum absolute atomic E-state index is 0.0961. The van der Waals surface area contributed by atoms with E-state index in [1.807, 2.05) is 11.9 Å². The number of hydrogen-bond acceptors (Lipinski definition) is 2. The van der Waals surface area contributed by atoms with Gasteiger partial charge >= 0.3 is 12.0 Å². The van der Waals surface area contributed by atoms with Gasteiger partial charge in [0.25, 0.3) is 0 Å². The molecule has 0 spiro atoms. The maximum atomic E-state index is 11.8. The van der Waals surface area contributed by atoms with E-state index in [0.29, 0.717) is 12.8 Å². The lowest BCUT2D eigenvalue weighted by molar-refractivity contribution is -0.143. The van der Waals surface area contributed by atoms with Crippen LogP contribution in [0.5, 0.6) is 0 Å². The van der Waals surface area contributed by atoms with Gasteiger partial charge in [0.2, 0.25) is 0 Å². The van der Waals surface area contributed by atoms with Crippen LogP contribution < -0.4 is 0 Å². The lowest BCUT2D eigenvalue weighted by Gasteiger charge is -2.32. The van der Waals surface area contributed by atoms with Crippen molar-refractivity contribution in [3.63, 3.8) is 0 Å². The molecule has 5 nitrogen and oxygen atoms in total. The fourth-order valence-electron chi connectivity index (χ4n) is 2.64. The Morgan fingerprint density at radius 1 is 1.25 bits per heavy atom. The number of urea groups is 1. The molecule has 0 aromatic heterocycles. The van der Waals surface area contributed by atoms with E-state index < -0.39 is 5.97 Å². The third-order valence-corrected chi connectivity index (χ3v) is 3.74. The normalized spacial score (nSPS) is 30.9. The molecule has 0 unspecified atom stereocenters. The predicted octanol–water partition coefficient (Wildman–Crippen LogP) is 0.997. The molecular formula is C11H18N2O3. The highest BCUT2D eigenvalue weighted by atomic mass is 16.4. The van der Waals surface area contributed by atoms with Crippen molar-refractivity contribution in [3.05, 3.63) is 0 Å². The second kappa shape index (κ2) is 4.31. The summed E-state index contributed by atoms with van der Waals surface area (Å²) < 4.78 is 0. The molecule has 2 rings (SSSR count). The SMILES string of the molecule is CN1CCN([C@H]2CC[C@H](C(=O)O)CC2)C1=O. The predicted molar refractivity (Wildman–Crippen MR) is 58.1 cm³/mol. The number of likely N-dealkylation sites (N-methyl/N-ethyl adjacent to an activating group) is 1. The first-order valence-electron chi connectivity index (χ1n) is 5.84. The molecule has 1 aliphatic heterocycles. The maximum absolute atomic E-state index is 11.8. The third kappa shape index (κ3) is 1.99. The zero-order chi connectivity index (χ0) is 11.7. The number of rotatable bonds is 2. The molecule has 0 aromatic rings. The highest BCUT2D eigenvalue weighted by Crippen LogP contribution is 2.29. The second-order valence-corrected chi connectivity index (χ2v) is 4.74. The summed E-state index contributed by atoms with van der Waals surface area (Å²) in [7, 11) is 1.81. The van der Waals surface area contributed by atoms with Crippen LogP contribution in [0.1, 0.15) is 25.7 Å². The Balaban J connectivity index is 1.90. The molecule has 0 atom stereocenters. The van der Waals surface area contributed by atoms with E-state index >= 15 is 0 Å². The second-order valence-electron chi connectivity index (χ2n) is 4.74. The third-order valence-electron chi connectivity index (χ3n) is 3.74. The summed E-state index contributed by atoms with van der Waals surface area (Å²) in [5.74, 6) is -0.894. The molecule has 0 radical (unpaired) electrons. The zero-order valence-electron chi connectivity index (χ0n) is 9.56. The van der Waals surface area contributed by atoms with Gasteiger partial charge in [-0.1, -0.05) is 0 Å². The van der Waals surface area contributed by atoms with E-state index in [0.717, 1.165) is 25.9 Å². The van der Waals surface area contributed by atoms with Crippen LogP contribution >= 0.6 is 0 Å². The summed E-state index contributed by atoms with van der Waals surface area (Å²) in [4.78, 5) is 26.2. The van der Waals surface area contributed by atoms with Crippen molar-refractivity contribution in [2.24, 2.45) is 5.92 Å². The number of amides is 2. The lowest BCUT2D eigenvalue weighted by atomic mass is 9.85.